The minimum Gasteiger partial charge on any atom is -0.254 e. The normalized spacial score (nSPS) is 12.2. The highest BCUT2D eigenvalue weighted by Crippen LogP contribution is 2.25. The summed E-state index contributed by atoms with van der Waals surface area (Å²) in [4.78, 5) is 8.16. The predicted octanol–water partition coefficient (Wildman–Crippen LogP) is 2.06. The van der Waals surface area contributed by atoms with Gasteiger partial charge in [0.05, 0.1) is 18.1 Å². The lowest BCUT2D eigenvalue weighted by Gasteiger charge is -2.19. The molecule has 21 heavy (non-hydrogen) atoms. The number of anilines is 1. The second-order valence-electron chi connectivity index (χ2n) is 5.76. The highest BCUT2D eigenvalue weighted by molar-refractivity contribution is 7.90. The predicted molar refractivity (Wildman–Crippen MR) is 82.9 cm³/mol. The average Bonchev–Trinajstić information content (AvgIpc) is 2.37. The van der Waals surface area contributed by atoms with Gasteiger partial charge in [0, 0.05) is 5.56 Å². The molecule has 0 saturated heterocycles. The maximum Gasteiger partial charge on any atom is 0.297 e. The molecule has 0 saturated carbocycles. The molecule has 1 aromatic heterocycles. The van der Waals surface area contributed by atoms with Gasteiger partial charge in [0.1, 0.15) is 0 Å². The third kappa shape index (κ3) is 4.24. The van der Waals surface area contributed by atoms with Crippen molar-refractivity contribution in [1.29, 1.82) is 0 Å². The first-order valence-electron chi connectivity index (χ1n) is 6.39. The van der Waals surface area contributed by atoms with Crippen molar-refractivity contribution < 1.29 is 8.42 Å². The van der Waals surface area contributed by atoms with Crippen molar-refractivity contribution >= 4 is 16.0 Å². The third-order valence-corrected chi connectivity index (χ3v) is 3.44. The van der Waals surface area contributed by atoms with Crippen molar-refractivity contribution in [2.24, 2.45) is 5.14 Å². The van der Waals surface area contributed by atoms with Crippen LogP contribution in [0.25, 0.3) is 11.3 Å². The maximum absolute atomic E-state index is 10.9. The molecular formula is C14H18N4O2S. The zero-order chi connectivity index (χ0) is 15.7. The summed E-state index contributed by atoms with van der Waals surface area (Å²) in [5.41, 5.74) is 2.90. The summed E-state index contributed by atoms with van der Waals surface area (Å²) in [6, 6.07) is 8.04. The third-order valence-electron chi connectivity index (χ3n) is 2.95. The van der Waals surface area contributed by atoms with E-state index < -0.39 is 10.2 Å². The number of benzene rings is 1. The van der Waals surface area contributed by atoms with Gasteiger partial charge < -0.3 is 0 Å². The lowest BCUT2D eigenvalue weighted by molar-refractivity contribution is 0.590. The van der Waals surface area contributed by atoms with Crippen LogP contribution in [0, 0.1) is 0 Å². The monoisotopic (exact) mass is 306 g/mol. The van der Waals surface area contributed by atoms with Gasteiger partial charge in [-0.25, -0.2) is 10.1 Å². The number of hydrogen-bond acceptors (Lipinski definition) is 4. The van der Waals surface area contributed by atoms with E-state index in [0.29, 0.717) is 5.69 Å². The van der Waals surface area contributed by atoms with Gasteiger partial charge >= 0.3 is 0 Å². The fourth-order valence-electron chi connectivity index (χ4n) is 1.82. The Labute approximate surface area is 124 Å². The summed E-state index contributed by atoms with van der Waals surface area (Å²) < 4.78 is 23.8. The van der Waals surface area contributed by atoms with Gasteiger partial charge in [0.25, 0.3) is 10.2 Å². The topological polar surface area (TPSA) is 98.0 Å². The van der Waals surface area contributed by atoms with Crippen molar-refractivity contribution in [1.82, 2.24) is 9.97 Å². The van der Waals surface area contributed by atoms with Crippen molar-refractivity contribution in [3.8, 4) is 11.3 Å². The first-order valence-corrected chi connectivity index (χ1v) is 7.93. The van der Waals surface area contributed by atoms with Gasteiger partial charge in [-0.15, -0.1) is 0 Å². The van der Waals surface area contributed by atoms with Crippen LogP contribution in [0.1, 0.15) is 26.3 Å². The molecule has 0 aliphatic carbocycles. The maximum atomic E-state index is 10.9. The van der Waals surface area contributed by atoms with Crippen LogP contribution in [-0.2, 0) is 15.6 Å². The lowest BCUT2D eigenvalue weighted by Crippen LogP contribution is -2.22. The van der Waals surface area contributed by atoms with Gasteiger partial charge in [0.2, 0.25) is 0 Å². The summed E-state index contributed by atoms with van der Waals surface area (Å²) >= 11 is 0. The fourth-order valence-corrected chi connectivity index (χ4v) is 2.21. The molecule has 0 aliphatic heterocycles. The minimum absolute atomic E-state index is 0.0903. The largest absolute Gasteiger partial charge is 0.297 e. The van der Waals surface area contributed by atoms with Crippen molar-refractivity contribution in [3.05, 3.63) is 42.2 Å². The Hall–Kier alpha value is -1.99. The molecular weight excluding hydrogens is 288 g/mol. The van der Waals surface area contributed by atoms with E-state index in [-0.39, 0.29) is 11.2 Å². The molecule has 1 heterocycles. The Balaban J connectivity index is 2.23. The van der Waals surface area contributed by atoms with E-state index in [1.165, 1.54) is 18.0 Å². The molecule has 0 radical (unpaired) electrons. The molecule has 3 N–H and O–H groups in total. The molecule has 7 heteroatoms. The number of rotatable bonds is 3. The van der Waals surface area contributed by atoms with Gasteiger partial charge in [0.15, 0.2) is 5.82 Å². The number of hydrogen-bond donors (Lipinski definition) is 2. The second-order valence-corrected chi connectivity index (χ2v) is 7.06. The van der Waals surface area contributed by atoms with E-state index in [2.05, 4.69) is 35.5 Å². The molecule has 0 bridgehead atoms. The Kier molecular flexibility index (Phi) is 3.97. The van der Waals surface area contributed by atoms with Crippen molar-refractivity contribution in [3.63, 3.8) is 0 Å². The average molecular weight is 306 g/mol. The highest BCUT2D eigenvalue weighted by atomic mass is 32.2. The number of nitrogens with two attached hydrogens (primary N) is 1. The van der Waals surface area contributed by atoms with Gasteiger partial charge in [-0.05, 0) is 11.0 Å². The van der Waals surface area contributed by atoms with Gasteiger partial charge in [-0.2, -0.15) is 8.42 Å². The molecule has 0 atom stereocenters. The van der Waals surface area contributed by atoms with Crippen LogP contribution in [0.5, 0.6) is 0 Å². The minimum atomic E-state index is -3.83. The molecule has 0 spiro atoms. The summed E-state index contributed by atoms with van der Waals surface area (Å²) in [5.74, 6) is 0.0903. The van der Waals surface area contributed by atoms with E-state index in [1.54, 1.807) is 0 Å². The molecule has 1 aromatic carbocycles. The van der Waals surface area contributed by atoms with Crippen molar-refractivity contribution in [2.75, 3.05) is 4.72 Å². The molecule has 0 unspecified atom stereocenters. The van der Waals surface area contributed by atoms with Crippen LogP contribution in [0.4, 0.5) is 5.82 Å². The molecule has 112 valence electrons. The van der Waals surface area contributed by atoms with E-state index in [1.807, 2.05) is 24.3 Å². The van der Waals surface area contributed by atoms with Gasteiger partial charge in [-0.3, -0.25) is 9.71 Å². The molecule has 0 amide bonds. The number of nitrogens with zero attached hydrogens (tertiary/aromatic N) is 2. The van der Waals surface area contributed by atoms with Crippen LogP contribution in [0.15, 0.2) is 36.7 Å². The van der Waals surface area contributed by atoms with Crippen LogP contribution in [0.2, 0.25) is 0 Å². The second kappa shape index (κ2) is 5.42. The van der Waals surface area contributed by atoms with E-state index in [4.69, 9.17) is 5.14 Å². The Morgan fingerprint density at radius 3 is 2.10 bits per heavy atom. The Morgan fingerprint density at radius 1 is 1.05 bits per heavy atom. The van der Waals surface area contributed by atoms with Crippen LogP contribution in [-0.4, -0.2) is 18.4 Å². The number of nitrogens with one attached hydrogen (secondary N) is 1. The first kappa shape index (κ1) is 15.4. The molecule has 0 fully saturated rings. The summed E-state index contributed by atoms with van der Waals surface area (Å²) in [5, 5.41) is 4.87. The fraction of sp³-hybridized carbons (Fsp3) is 0.286. The first-order chi connectivity index (χ1) is 9.65. The molecule has 0 aliphatic rings. The lowest BCUT2D eigenvalue weighted by atomic mass is 9.86. The zero-order valence-electron chi connectivity index (χ0n) is 12.2. The highest BCUT2D eigenvalue weighted by Gasteiger charge is 2.13. The standard InChI is InChI=1S/C14H18N4O2S/c1-14(2,3)11-6-4-10(5-7-11)12-8-17-13(9-16-12)18-21(15,19)20/h4-9H,1-3H3,(H,17,18)(H2,15,19,20). The summed E-state index contributed by atoms with van der Waals surface area (Å²) in [7, 11) is -3.83. The van der Waals surface area contributed by atoms with Gasteiger partial charge in [-0.1, -0.05) is 45.0 Å². The quantitative estimate of drug-likeness (QED) is 0.906. The summed E-state index contributed by atoms with van der Waals surface area (Å²) in [6.07, 6.45) is 2.83. The van der Waals surface area contributed by atoms with E-state index in [0.717, 1.165) is 5.56 Å². The molecule has 6 nitrogen and oxygen atoms in total. The Bertz CT molecular complexity index is 717. The van der Waals surface area contributed by atoms with Crippen molar-refractivity contribution in [2.45, 2.75) is 26.2 Å². The van der Waals surface area contributed by atoms with Crippen LogP contribution in [0.3, 0.4) is 0 Å². The molecule has 2 aromatic rings. The van der Waals surface area contributed by atoms with E-state index >= 15 is 0 Å². The zero-order valence-corrected chi connectivity index (χ0v) is 13.0. The Morgan fingerprint density at radius 2 is 1.67 bits per heavy atom. The summed E-state index contributed by atoms with van der Waals surface area (Å²) in [6.45, 7) is 6.45. The van der Waals surface area contributed by atoms with Crippen LogP contribution < -0.4 is 9.86 Å². The number of aromatic nitrogens is 2. The van der Waals surface area contributed by atoms with E-state index in [9.17, 15) is 8.42 Å². The SMILES string of the molecule is CC(C)(C)c1ccc(-c2cnc(NS(N)(=O)=O)cn2)cc1. The smallest absolute Gasteiger partial charge is 0.254 e. The van der Waals surface area contributed by atoms with Crippen LogP contribution >= 0.6 is 0 Å². The molecule has 2 rings (SSSR count).